The van der Waals surface area contributed by atoms with Crippen molar-refractivity contribution in [3.8, 4) is 17.0 Å². The molecule has 0 saturated heterocycles. The van der Waals surface area contributed by atoms with E-state index in [1.165, 1.54) is 0 Å². The molecule has 0 amide bonds. The molecule has 0 radical (unpaired) electrons. The van der Waals surface area contributed by atoms with Crippen LogP contribution in [0.1, 0.15) is 0 Å². The van der Waals surface area contributed by atoms with Crippen LogP contribution in [-0.2, 0) is 0 Å². The second-order valence-electron chi connectivity index (χ2n) is 3.15. The molecule has 3 N–H and O–H groups in total. The van der Waals surface area contributed by atoms with Gasteiger partial charge in [-0.05, 0) is 29.4 Å². The van der Waals surface area contributed by atoms with E-state index in [1.807, 2.05) is 0 Å². The van der Waals surface area contributed by atoms with Gasteiger partial charge >= 0.3 is 0 Å². The van der Waals surface area contributed by atoms with Crippen LogP contribution in [0.3, 0.4) is 0 Å². The number of hydrogen-bond donors (Lipinski definition) is 2. The first-order chi connectivity index (χ1) is 7.76. The second kappa shape index (κ2) is 4.01. The van der Waals surface area contributed by atoms with Gasteiger partial charge in [0.2, 0.25) is 0 Å². The molecule has 1 aromatic heterocycles. The zero-order chi connectivity index (χ0) is 11.5. The number of H-pyrrole nitrogens is 1. The molecule has 0 atom stereocenters. The summed E-state index contributed by atoms with van der Waals surface area (Å²) in [5.41, 5.74) is 6.90. The largest absolute Gasteiger partial charge is 0.497 e. The van der Waals surface area contributed by atoms with E-state index in [2.05, 4.69) is 15.4 Å². The van der Waals surface area contributed by atoms with Crippen LogP contribution in [-0.4, -0.2) is 17.3 Å². The number of nitroso groups, excluding NO2 is 1. The molecule has 0 bridgehead atoms. The molecule has 6 heteroatoms. The van der Waals surface area contributed by atoms with Crippen molar-refractivity contribution < 1.29 is 4.74 Å². The molecule has 16 heavy (non-hydrogen) atoms. The lowest BCUT2D eigenvalue weighted by Gasteiger charge is -2.01. The summed E-state index contributed by atoms with van der Waals surface area (Å²) in [6, 6.07) is 7.14. The van der Waals surface area contributed by atoms with Gasteiger partial charge in [-0.15, -0.1) is 4.91 Å². The van der Waals surface area contributed by atoms with Crippen LogP contribution in [0.5, 0.6) is 5.75 Å². The summed E-state index contributed by atoms with van der Waals surface area (Å²) in [4.78, 5) is 10.6. The number of aromatic amines is 1. The minimum Gasteiger partial charge on any atom is -0.497 e. The summed E-state index contributed by atoms with van der Waals surface area (Å²) in [5.74, 6) is 0.831. The van der Waals surface area contributed by atoms with Crippen LogP contribution in [0.4, 0.5) is 11.5 Å². The summed E-state index contributed by atoms with van der Waals surface area (Å²) < 4.78 is 5.03. The predicted molar refractivity (Wildman–Crippen MR) is 60.4 cm³/mol. The highest BCUT2D eigenvalue weighted by molar-refractivity contribution is 5.79. The first kappa shape index (κ1) is 10.2. The summed E-state index contributed by atoms with van der Waals surface area (Å²) in [6.45, 7) is 0. The average Bonchev–Trinajstić information content (AvgIpc) is 2.70. The van der Waals surface area contributed by atoms with Gasteiger partial charge in [0.05, 0.1) is 12.8 Å². The van der Waals surface area contributed by atoms with Gasteiger partial charge in [-0.1, -0.05) is 0 Å². The van der Waals surface area contributed by atoms with Crippen molar-refractivity contribution in [2.24, 2.45) is 5.18 Å². The zero-order valence-electron chi connectivity index (χ0n) is 8.60. The van der Waals surface area contributed by atoms with Gasteiger partial charge in [-0.25, -0.2) is 0 Å². The summed E-state index contributed by atoms with van der Waals surface area (Å²) in [6.07, 6.45) is 0. The molecule has 0 aliphatic rings. The van der Waals surface area contributed by atoms with Crippen molar-refractivity contribution in [2.75, 3.05) is 12.8 Å². The third kappa shape index (κ3) is 1.60. The standard InChI is InChI=1S/C10H10N4O2/c1-16-7-4-2-6(3-5-7)8-9(14-15)10(11)13-12-8/h2-5H,1H3,(H3,11,12,13). The van der Waals surface area contributed by atoms with Gasteiger partial charge in [0.1, 0.15) is 5.75 Å². The number of rotatable bonds is 3. The summed E-state index contributed by atoms with van der Waals surface area (Å²) in [7, 11) is 1.58. The summed E-state index contributed by atoms with van der Waals surface area (Å²) >= 11 is 0. The maximum absolute atomic E-state index is 10.6. The molecule has 82 valence electrons. The van der Waals surface area contributed by atoms with Crippen molar-refractivity contribution >= 4 is 11.5 Å². The Morgan fingerprint density at radius 2 is 2.06 bits per heavy atom. The van der Waals surface area contributed by atoms with E-state index in [0.29, 0.717) is 5.69 Å². The smallest absolute Gasteiger partial charge is 0.177 e. The molecule has 2 aromatic rings. The molecule has 0 fully saturated rings. The van der Waals surface area contributed by atoms with Crippen LogP contribution in [0.25, 0.3) is 11.3 Å². The third-order valence-corrected chi connectivity index (χ3v) is 2.24. The average molecular weight is 218 g/mol. The second-order valence-corrected chi connectivity index (χ2v) is 3.15. The van der Waals surface area contributed by atoms with E-state index in [0.717, 1.165) is 11.3 Å². The highest BCUT2D eigenvalue weighted by Gasteiger charge is 2.12. The van der Waals surface area contributed by atoms with Gasteiger partial charge in [0.25, 0.3) is 0 Å². The zero-order valence-corrected chi connectivity index (χ0v) is 8.60. The molecule has 0 aliphatic heterocycles. The molecule has 0 aliphatic carbocycles. The van der Waals surface area contributed by atoms with Gasteiger partial charge in [0.15, 0.2) is 11.5 Å². The van der Waals surface area contributed by atoms with E-state index >= 15 is 0 Å². The minimum absolute atomic E-state index is 0.0980. The van der Waals surface area contributed by atoms with Gasteiger partial charge < -0.3 is 10.5 Å². The van der Waals surface area contributed by atoms with Crippen molar-refractivity contribution in [1.29, 1.82) is 0 Å². The van der Waals surface area contributed by atoms with Crippen molar-refractivity contribution in [3.63, 3.8) is 0 Å². The van der Waals surface area contributed by atoms with Gasteiger partial charge in [-0.3, -0.25) is 5.10 Å². The van der Waals surface area contributed by atoms with Crippen LogP contribution in [0.2, 0.25) is 0 Å². The van der Waals surface area contributed by atoms with Crippen molar-refractivity contribution in [1.82, 2.24) is 10.2 Å². The third-order valence-electron chi connectivity index (χ3n) is 2.24. The fraction of sp³-hybridized carbons (Fsp3) is 0.100. The van der Waals surface area contributed by atoms with E-state index in [9.17, 15) is 4.91 Å². The first-order valence-electron chi connectivity index (χ1n) is 4.58. The topological polar surface area (TPSA) is 93.4 Å². The number of nitrogen functional groups attached to an aromatic ring is 1. The highest BCUT2D eigenvalue weighted by Crippen LogP contribution is 2.33. The molecule has 0 spiro atoms. The lowest BCUT2D eigenvalue weighted by atomic mass is 10.1. The first-order valence-corrected chi connectivity index (χ1v) is 4.58. The molecular formula is C10H10N4O2. The number of hydrogen-bond acceptors (Lipinski definition) is 5. The number of anilines is 1. The number of benzene rings is 1. The molecule has 1 aromatic carbocycles. The van der Waals surface area contributed by atoms with Crippen LogP contribution in [0, 0.1) is 4.91 Å². The lowest BCUT2D eigenvalue weighted by molar-refractivity contribution is 0.415. The number of aromatic nitrogens is 2. The number of nitrogens with zero attached hydrogens (tertiary/aromatic N) is 2. The number of nitrogens with one attached hydrogen (secondary N) is 1. The number of ether oxygens (including phenoxy) is 1. The Hall–Kier alpha value is -2.37. The van der Waals surface area contributed by atoms with Crippen LogP contribution < -0.4 is 10.5 Å². The fourth-order valence-electron chi connectivity index (χ4n) is 1.40. The minimum atomic E-state index is 0.0980. The van der Waals surface area contributed by atoms with Gasteiger partial charge in [-0.2, -0.15) is 5.10 Å². The van der Waals surface area contributed by atoms with Crippen molar-refractivity contribution in [2.45, 2.75) is 0 Å². The molecule has 1 heterocycles. The van der Waals surface area contributed by atoms with Crippen LogP contribution >= 0.6 is 0 Å². The summed E-state index contributed by atoms with van der Waals surface area (Å²) in [5, 5.41) is 9.25. The Labute approximate surface area is 91.4 Å². The lowest BCUT2D eigenvalue weighted by Crippen LogP contribution is -1.83. The Balaban J connectivity index is 2.46. The van der Waals surface area contributed by atoms with E-state index in [4.69, 9.17) is 10.5 Å². The van der Waals surface area contributed by atoms with E-state index in [1.54, 1.807) is 31.4 Å². The Kier molecular flexibility index (Phi) is 2.55. The fourth-order valence-corrected chi connectivity index (χ4v) is 1.40. The molecule has 6 nitrogen and oxygen atoms in total. The monoisotopic (exact) mass is 218 g/mol. The van der Waals surface area contributed by atoms with E-state index in [-0.39, 0.29) is 11.5 Å². The van der Waals surface area contributed by atoms with Crippen LogP contribution in [0.15, 0.2) is 29.4 Å². The Morgan fingerprint density at radius 1 is 1.38 bits per heavy atom. The normalized spacial score (nSPS) is 10.1. The predicted octanol–water partition coefficient (Wildman–Crippen LogP) is 2.07. The quantitative estimate of drug-likeness (QED) is 0.771. The highest BCUT2D eigenvalue weighted by atomic mass is 16.5. The van der Waals surface area contributed by atoms with E-state index < -0.39 is 0 Å². The number of nitrogens with two attached hydrogens (primary N) is 1. The molecule has 0 unspecified atom stereocenters. The maximum atomic E-state index is 10.6. The molecular weight excluding hydrogens is 208 g/mol. The Bertz CT molecular complexity index is 504. The Morgan fingerprint density at radius 3 is 2.62 bits per heavy atom. The van der Waals surface area contributed by atoms with Gasteiger partial charge in [0, 0.05) is 5.56 Å². The molecule has 0 saturated carbocycles. The van der Waals surface area contributed by atoms with Crippen molar-refractivity contribution in [3.05, 3.63) is 29.2 Å². The number of methoxy groups -OCH3 is 1. The SMILES string of the molecule is COc1ccc(-c2[nH]nc(N)c2N=O)cc1. The molecule has 2 rings (SSSR count). The maximum Gasteiger partial charge on any atom is 0.177 e.